The standard InChI is InChI=1S/C22H23N3O6/c26-9-2-10-29-19-7-5-17(6-8-19)18-4-1-3-16(11-18)14-30-20-12-24-13-21(25(27)28)23-22(24)31-15-20/h1,3-8,11,13,20,26H,2,9-10,12,14-15H2/t20-/m0/s1. The zero-order valence-electron chi connectivity index (χ0n) is 16.8. The SMILES string of the molecule is O=[N+]([O-])c1cn2c(n1)OC[C@@H](OCc1cccc(-c3ccc(OCCCO)cc3)c1)C2. The molecule has 1 aromatic heterocycles. The Morgan fingerprint density at radius 3 is 2.84 bits per heavy atom. The highest BCUT2D eigenvalue weighted by Gasteiger charge is 2.28. The van der Waals surface area contributed by atoms with Crippen LogP contribution >= 0.6 is 0 Å². The van der Waals surface area contributed by atoms with E-state index in [0.717, 1.165) is 22.4 Å². The highest BCUT2D eigenvalue weighted by atomic mass is 16.6. The van der Waals surface area contributed by atoms with Crippen molar-refractivity contribution in [2.24, 2.45) is 0 Å². The third-order valence-corrected chi connectivity index (χ3v) is 4.88. The summed E-state index contributed by atoms with van der Waals surface area (Å²) < 4.78 is 18.6. The zero-order chi connectivity index (χ0) is 21.6. The zero-order valence-corrected chi connectivity index (χ0v) is 16.8. The number of hydrogen-bond acceptors (Lipinski definition) is 7. The molecular weight excluding hydrogens is 402 g/mol. The average molecular weight is 425 g/mol. The lowest BCUT2D eigenvalue weighted by molar-refractivity contribution is -0.389. The van der Waals surface area contributed by atoms with Crippen LogP contribution in [0.4, 0.5) is 5.82 Å². The molecule has 1 aliphatic rings. The molecule has 1 atom stereocenters. The highest BCUT2D eigenvalue weighted by Crippen LogP contribution is 2.25. The second-order valence-corrected chi connectivity index (χ2v) is 7.19. The summed E-state index contributed by atoms with van der Waals surface area (Å²) in [4.78, 5) is 14.2. The first-order valence-corrected chi connectivity index (χ1v) is 10.0. The minimum atomic E-state index is -0.538. The van der Waals surface area contributed by atoms with Gasteiger partial charge in [0.15, 0.2) is 0 Å². The molecular formula is C22H23N3O6. The fraction of sp³-hybridized carbons (Fsp3) is 0.318. The van der Waals surface area contributed by atoms with Crippen molar-refractivity contribution in [1.82, 2.24) is 9.55 Å². The summed E-state index contributed by atoms with van der Waals surface area (Å²) in [6.45, 7) is 1.75. The van der Waals surface area contributed by atoms with Gasteiger partial charge in [0.2, 0.25) is 0 Å². The second kappa shape index (κ2) is 9.59. The Kier molecular flexibility index (Phi) is 6.44. The highest BCUT2D eigenvalue weighted by molar-refractivity contribution is 5.64. The number of aromatic nitrogens is 2. The van der Waals surface area contributed by atoms with Gasteiger partial charge in [0.1, 0.15) is 24.7 Å². The normalized spacial score (nSPS) is 15.2. The van der Waals surface area contributed by atoms with E-state index in [1.807, 2.05) is 42.5 Å². The Labute approximate surface area is 179 Å². The minimum absolute atomic E-state index is 0.114. The summed E-state index contributed by atoms with van der Waals surface area (Å²) in [5.74, 6) is 0.543. The summed E-state index contributed by atoms with van der Waals surface area (Å²) in [5, 5.41) is 19.7. The Balaban J connectivity index is 1.35. The third-order valence-electron chi connectivity index (χ3n) is 4.88. The Bertz CT molecular complexity index is 1030. The Morgan fingerprint density at radius 1 is 1.23 bits per heavy atom. The van der Waals surface area contributed by atoms with Crippen LogP contribution in [0.2, 0.25) is 0 Å². The lowest BCUT2D eigenvalue weighted by Gasteiger charge is -2.22. The number of fused-ring (bicyclic) bond motifs is 1. The lowest BCUT2D eigenvalue weighted by Crippen LogP contribution is -2.32. The number of nitrogens with zero attached hydrogens (tertiary/aromatic N) is 3. The first-order valence-electron chi connectivity index (χ1n) is 10.0. The van der Waals surface area contributed by atoms with Crippen molar-refractivity contribution in [2.75, 3.05) is 19.8 Å². The van der Waals surface area contributed by atoms with Crippen molar-refractivity contribution in [3.8, 4) is 22.9 Å². The van der Waals surface area contributed by atoms with E-state index in [0.29, 0.717) is 32.8 Å². The van der Waals surface area contributed by atoms with Gasteiger partial charge >= 0.3 is 11.8 Å². The molecule has 4 rings (SSSR count). The summed E-state index contributed by atoms with van der Waals surface area (Å²) in [6.07, 6.45) is 1.75. The number of hydrogen-bond donors (Lipinski definition) is 1. The molecule has 3 aromatic rings. The van der Waals surface area contributed by atoms with Crippen LogP contribution in [-0.2, 0) is 17.9 Å². The summed E-state index contributed by atoms with van der Waals surface area (Å²) in [6, 6.07) is 16.1. The third kappa shape index (κ3) is 5.19. The van der Waals surface area contributed by atoms with E-state index in [4.69, 9.17) is 19.3 Å². The van der Waals surface area contributed by atoms with E-state index in [2.05, 4.69) is 11.1 Å². The van der Waals surface area contributed by atoms with Gasteiger partial charge in [0.05, 0.1) is 19.8 Å². The van der Waals surface area contributed by atoms with Gasteiger partial charge in [-0.25, -0.2) is 0 Å². The van der Waals surface area contributed by atoms with Crippen LogP contribution in [0.25, 0.3) is 11.1 Å². The maximum atomic E-state index is 10.9. The van der Waals surface area contributed by atoms with Gasteiger partial charge in [-0.15, -0.1) is 0 Å². The van der Waals surface area contributed by atoms with Crippen LogP contribution in [0.5, 0.6) is 11.8 Å². The quantitative estimate of drug-likeness (QED) is 0.319. The Hall–Kier alpha value is -3.43. The molecule has 0 bridgehead atoms. The monoisotopic (exact) mass is 425 g/mol. The molecule has 9 nitrogen and oxygen atoms in total. The number of ether oxygens (including phenoxy) is 3. The Morgan fingerprint density at radius 2 is 2.06 bits per heavy atom. The second-order valence-electron chi connectivity index (χ2n) is 7.19. The number of rotatable bonds is 9. The maximum Gasteiger partial charge on any atom is 0.414 e. The molecule has 0 radical (unpaired) electrons. The molecule has 162 valence electrons. The van der Waals surface area contributed by atoms with Crippen molar-refractivity contribution >= 4 is 5.82 Å². The van der Waals surface area contributed by atoms with Crippen LogP contribution in [0.15, 0.2) is 54.7 Å². The minimum Gasteiger partial charge on any atom is -0.494 e. The van der Waals surface area contributed by atoms with Crippen LogP contribution in [0.3, 0.4) is 0 Å². The fourth-order valence-corrected chi connectivity index (χ4v) is 3.31. The maximum absolute atomic E-state index is 10.9. The topological polar surface area (TPSA) is 109 Å². The molecule has 2 heterocycles. The van der Waals surface area contributed by atoms with E-state index in [1.165, 1.54) is 6.20 Å². The van der Waals surface area contributed by atoms with Gasteiger partial charge in [-0.2, -0.15) is 0 Å². The predicted octanol–water partition coefficient (Wildman–Crippen LogP) is 3.20. The van der Waals surface area contributed by atoms with Gasteiger partial charge in [-0.05, 0) is 39.8 Å². The molecule has 0 aliphatic carbocycles. The van der Waals surface area contributed by atoms with Crippen LogP contribution in [0.1, 0.15) is 12.0 Å². The molecule has 0 spiro atoms. The van der Waals surface area contributed by atoms with Crippen molar-refractivity contribution in [3.63, 3.8) is 0 Å². The van der Waals surface area contributed by atoms with E-state index in [9.17, 15) is 10.1 Å². The van der Waals surface area contributed by atoms with Gasteiger partial charge in [-0.1, -0.05) is 30.3 Å². The fourth-order valence-electron chi connectivity index (χ4n) is 3.31. The average Bonchev–Trinajstić information content (AvgIpc) is 3.22. The van der Waals surface area contributed by atoms with E-state index >= 15 is 0 Å². The molecule has 0 amide bonds. The lowest BCUT2D eigenvalue weighted by atomic mass is 10.0. The number of aliphatic hydroxyl groups excluding tert-OH is 1. The van der Waals surface area contributed by atoms with Gasteiger partial charge in [0.25, 0.3) is 0 Å². The van der Waals surface area contributed by atoms with Crippen molar-refractivity contribution in [2.45, 2.75) is 25.7 Å². The van der Waals surface area contributed by atoms with Gasteiger partial charge < -0.3 is 29.4 Å². The van der Waals surface area contributed by atoms with Crippen molar-refractivity contribution in [3.05, 3.63) is 70.4 Å². The summed E-state index contributed by atoms with van der Waals surface area (Å²) in [5.41, 5.74) is 3.14. The first-order chi connectivity index (χ1) is 15.1. The molecule has 31 heavy (non-hydrogen) atoms. The summed E-state index contributed by atoms with van der Waals surface area (Å²) in [7, 11) is 0. The molecule has 0 unspecified atom stereocenters. The molecule has 0 saturated heterocycles. The van der Waals surface area contributed by atoms with Crippen LogP contribution in [-0.4, -0.2) is 45.5 Å². The first kappa shape index (κ1) is 20.8. The summed E-state index contributed by atoms with van der Waals surface area (Å²) >= 11 is 0. The van der Waals surface area contributed by atoms with Crippen molar-refractivity contribution < 1.29 is 24.2 Å². The van der Waals surface area contributed by atoms with E-state index < -0.39 is 4.92 Å². The molecule has 9 heteroatoms. The molecule has 1 aliphatic heterocycles. The number of aliphatic hydroxyl groups is 1. The van der Waals surface area contributed by atoms with Gasteiger partial charge in [-0.3, -0.25) is 4.57 Å². The van der Waals surface area contributed by atoms with E-state index in [-0.39, 0.29) is 24.5 Å². The number of nitro groups is 1. The van der Waals surface area contributed by atoms with Crippen LogP contribution in [0, 0.1) is 10.1 Å². The molecule has 1 N–H and O–H groups in total. The van der Waals surface area contributed by atoms with Crippen molar-refractivity contribution in [1.29, 1.82) is 0 Å². The van der Waals surface area contributed by atoms with E-state index in [1.54, 1.807) is 4.57 Å². The largest absolute Gasteiger partial charge is 0.494 e. The molecule has 2 aromatic carbocycles. The number of benzene rings is 2. The number of imidazole rings is 1. The van der Waals surface area contributed by atoms with Gasteiger partial charge in [0, 0.05) is 18.0 Å². The van der Waals surface area contributed by atoms with Crippen LogP contribution < -0.4 is 9.47 Å². The molecule has 0 saturated carbocycles. The smallest absolute Gasteiger partial charge is 0.414 e. The molecule has 0 fully saturated rings. The predicted molar refractivity (Wildman–Crippen MR) is 112 cm³/mol.